The minimum absolute atomic E-state index is 0.0323. The highest BCUT2D eigenvalue weighted by atomic mass is 79.9. The predicted molar refractivity (Wildman–Crippen MR) is 124 cm³/mol. The first kappa shape index (κ1) is 20.6. The van der Waals surface area contributed by atoms with Crippen molar-refractivity contribution in [2.75, 3.05) is 26.3 Å². The SMILES string of the molecule is Cc1ccc(C)c(-c2cc(C(=O)N3CCC4(CC3)OCCO4)c3cc(Br)ccc3n2)c1. The highest BCUT2D eigenvalue weighted by Gasteiger charge is 2.41. The van der Waals surface area contributed by atoms with Crippen molar-refractivity contribution in [1.29, 1.82) is 0 Å². The summed E-state index contributed by atoms with van der Waals surface area (Å²) in [6.07, 6.45) is 1.41. The third-order valence-corrected chi connectivity index (χ3v) is 6.79. The van der Waals surface area contributed by atoms with Crippen molar-refractivity contribution in [3.63, 3.8) is 0 Å². The van der Waals surface area contributed by atoms with E-state index in [1.165, 1.54) is 5.56 Å². The molecule has 1 spiro atoms. The maximum atomic E-state index is 13.7. The van der Waals surface area contributed by atoms with Gasteiger partial charge in [-0.2, -0.15) is 0 Å². The summed E-state index contributed by atoms with van der Waals surface area (Å²) in [5.74, 6) is -0.464. The number of hydrogen-bond acceptors (Lipinski definition) is 4. The number of benzene rings is 2. The molecule has 3 heterocycles. The minimum atomic E-state index is -0.496. The van der Waals surface area contributed by atoms with Crippen molar-refractivity contribution in [2.24, 2.45) is 0 Å². The first-order chi connectivity index (χ1) is 14.9. The van der Waals surface area contributed by atoms with Crippen LogP contribution in [0.3, 0.4) is 0 Å². The molecule has 2 aliphatic rings. The smallest absolute Gasteiger partial charge is 0.254 e. The number of rotatable bonds is 2. The number of hydrogen-bond donors (Lipinski definition) is 0. The fourth-order valence-electron chi connectivity index (χ4n) is 4.53. The van der Waals surface area contributed by atoms with E-state index < -0.39 is 5.79 Å². The Morgan fingerprint density at radius 2 is 1.77 bits per heavy atom. The van der Waals surface area contributed by atoms with Crippen molar-refractivity contribution in [3.05, 3.63) is 63.6 Å². The summed E-state index contributed by atoms with van der Waals surface area (Å²) in [6.45, 7) is 6.66. The highest BCUT2D eigenvalue weighted by Crippen LogP contribution is 2.34. The van der Waals surface area contributed by atoms with Crippen LogP contribution in [0.25, 0.3) is 22.2 Å². The van der Waals surface area contributed by atoms with Gasteiger partial charge >= 0.3 is 0 Å². The number of piperidine rings is 1. The highest BCUT2D eigenvalue weighted by molar-refractivity contribution is 9.10. The first-order valence-corrected chi connectivity index (χ1v) is 11.5. The van der Waals surface area contributed by atoms with Crippen LogP contribution in [0.15, 0.2) is 46.9 Å². The largest absolute Gasteiger partial charge is 0.347 e. The van der Waals surface area contributed by atoms with Gasteiger partial charge in [-0.15, -0.1) is 0 Å². The fraction of sp³-hybridized carbons (Fsp3) is 0.360. The van der Waals surface area contributed by atoms with Gasteiger partial charge in [0.2, 0.25) is 0 Å². The molecule has 2 aliphatic heterocycles. The van der Waals surface area contributed by atoms with Crippen molar-refractivity contribution < 1.29 is 14.3 Å². The van der Waals surface area contributed by atoms with E-state index in [0.717, 1.165) is 32.2 Å². The average molecular weight is 481 g/mol. The molecule has 0 radical (unpaired) electrons. The van der Waals surface area contributed by atoms with E-state index >= 15 is 0 Å². The zero-order valence-corrected chi connectivity index (χ0v) is 19.4. The topological polar surface area (TPSA) is 51.7 Å². The molecule has 1 aromatic heterocycles. The fourth-order valence-corrected chi connectivity index (χ4v) is 4.89. The molecule has 0 unspecified atom stereocenters. The van der Waals surface area contributed by atoms with Crippen molar-refractivity contribution >= 4 is 32.7 Å². The average Bonchev–Trinajstić information content (AvgIpc) is 3.22. The molecule has 2 saturated heterocycles. The lowest BCUT2D eigenvalue weighted by atomic mass is 9.97. The van der Waals surface area contributed by atoms with Crippen LogP contribution in [-0.2, 0) is 9.47 Å². The summed E-state index contributed by atoms with van der Waals surface area (Å²) in [7, 11) is 0. The van der Waals surface area contributed by atoms with Crippen LogP contribution in [0.4, 0.5) is 0 Å². The molecule has 31 heavy (non-hydrogen) atoms. The molecule has 6 heteroatoms. The van der Waals surface area contributed by atoms with Gasteiger partial charge in [0.05, 0.1) is 30.0 Å². The normalized spacial score (nSPS) is 18.1. The van der Waals surface area contributed by atoms with Gasteiger partial charge in [0.15, 0.2) is 5.79 Å². The van der Waals surface area contributed by atoms with Crippen LogP contribution < -0.4 is 0 Å². The van der Waals surface area contributed by atoms with E-state index in [0.29, 0.717) is 44.7 Å². The maximum absolute atomic E-state index is 13.7. The molecule has 5 rings (SSSR count). The van der Waals surface area contributed by atoms with E-state index in [2.05, 4.69) is 48.0 Å². The van der Waals surface area contributed by atoms with Gasteiger partial charge in [0.1, 0.15) is 0 Å². The third-order valence-electron chi connectivity index (χ3n) is 6.30. The second-order valence-corrected chi connectivity index (χ2v) is 9.35. The Labute approximate surface area is 190 Å². The standard InChI is InChI=1S/C25H25BrN2O3/c1-16-3-4-17(2)19(13-16)23-15-21(20-14-18(26)5-6-22(20)27-23)24(29)28-9-7-25(8-10-28)30-11-12-31-25/h3-6,13-15H,7-12H2,1-2H3. The lowest BCUT2D eigenvalue weighted by Gasteiger charge is -2.37. The van der Waals surface area contributed by atoms with Gasteiger partial charge in [-0.25, -0.2) is 4.98 Å². The van der Waals surface area contributed by atoms with Gasteiger partial charge < -0.3 is 14.4 Å². The molecular weight excluding hydrogens is 456 g/mol. The molecule has 2 aromatic carbocycles. The summed E-state index contributed by atoms with van der Waals surface area (Å²) < 4.78 is 12.6. The van der Waals surface area contributed by atoms with E-state index in [9.17, 15) is 4.79 Å². The Balaban J connectivity index is 1.56. The van der Waals surface area contributed by atoms with E-state index in [1.54, 1.807) is 0 Å². The Morgan fingerprint density at radius 3 is 2.52 bits per heavy atom. The third kappa shape index (κ3) is 3.88. The summed E-state index contributed by atoms with van der Waals surface area (Å²) in [4.78, 5) is 20.5. The Kier molecular flexibility index (Phi) is 5.32. The number of pyridine rings is 1. The number of nitrogens with zero attached hydrogens (tertiary/aromatic N) is 2. The van der Waals surface area contributed by atoms with Crippen molar-refractivity contribution in [3.8, 4) is 11.3 Å². The maximum Gasteiger partial charge on any atom is 0.254 e. The number of amides is 1. The Hall–Kier alpha value is -2.28. The van der Waals surface area contributed by atoms with Crippen LogP contribution in [0.1, 0.15) is 34.3 Å². The number of likely N-dealkylation sites (tertiary alicyclic amines) is 1. The first-order valence-electron chi connectivity index (χ1n) is 10.7. The number of carbonyl (C=O) groups excluding carboxylic acids is 1. The molecule has 2 fully saturated rings. The predicted octanol–water partition coefficient (Wildman–Crippen LogP) is 5.26. The van der Waals surface area contributed by atoms with Gasteiger partial charge in [0, 0.05) is 41.4 Å². The number of aryl methyl sites for hydroxylation is 2. The lowest BCUT2D eigenvalue weighted by Crippen LogP contribution is -2.47. The molecule has 1 amide bonds. The second kappa shape index (κ2) is 8.01. The van der Waals surface area contributed by atoms with Crippen LogP contribution >= 0.6 is 15.9 Å². The molecule has 160 valence electrons. The Bertz CT molecular complexity index is 1160. The van der Waals surface area contributed by atoms with Crippen LogP contribution in [0.5, 0.6) is 0 Å². The molecule has 0 N–H and O–H groups in total. The Morgan fingerprint density at radius 1 is 1.03 bits per heavy atom. The number of carbonyl (C=O) groups is 1. The summed E-state index contributed by atoms with van der Waals surface area (Å²) in [5.41, 5.74) is 5.71. The molecule has 5 nitrogen and oxygen atoms in total. The van der Waals surface area contributed by atoms with E-state index in [-0.39, 0.29) is 5.91 Å². The summed E-state index contributed by atoms with van der Waals surface area (Å²) in [5, 5.41) is 0.863. The van der Waals surface area contributed by atoms with E-state index in [1.807, 2.05) is 29.2 Å². The molecular formula is C25H25BrN2O3. The minimum Gasteiger partial charge on any atom is -0.347 e. The van der Waals surface area contributed by atoms with Crippen LogP contribution in [-0.4, -0.2) is 47.9 Å². The van der Waals surface area contributed by atoms with Crippen LogP contribution in [0.2, 0.25) is 0 Å². The van der Waals surface area contributed by atoms with E-state index in [4.69, 9.17) is 14.5 Å². The number of fused-ring (bicyclic) bond motifs is 1. The summed E-state index contributed by atoms with van der Waals surface area (Å²) >= 11 is 3.55. The zero-order chi connectivity index (χ0) is 21.6. The van der Waals surface area contributed by atoms with Crippen molar-refractivity contribution in [1.82, 2.24) is 9.88 Å². The number of halogens is 1. The number of ether oxygens (including phenoxy) is 2. The molecule has 3 aromatic rings. The summed E-state index contributed by atoms with van der Waals surface area (Å²) in [6, 6.07) is 14.2. The monoisotopic (exact) mass is 480 g/mol. The van der Waals surface area contributed by atoms with Crippen LogP contribution in [0, 0.1) is 13.8 Å². The second-order valence-electron chi connectivity index (χ2n) is 8.43. The molecule has 0 atom stereocenters. The van der Waals surface area contributed by atoms with Gasteiger partial charge in [-0.05, 0) is 49.7 Å². The van der Waals surface area contributed by atoms with Crippen molar-refractivity contribution in [2.45, 2.75) is 32.5 Å². The number of aromatic nitrogens is 1. The van der Waals surface area contributed by atoms with Gasteiger partial charge in [0.25, 0.3) is 5.91 Å². The lowest BCUT2D eigenvalue weighted by molar-refractivity contribution is -0.181. The molecule has 0 bridgehead atoms. The molecule has 0 saturated carbocycles. The molecule has 0 aliphatic carbocycles. The van der Waals surface area contributed by atoms with Gasteiger partial charge in [-0.1, -0.05) is 33.6 Å². The quantitative estimate of drug-likeness (QED) is 0.501. The van der Waals surface area contributed by atoms with Gasteiger partial charge in [-0.3, -0.25) is 4.79 Å². The zero-order valence-electron chi connectivity index (χ0n) is 17.8.